The monoisotopic (exact) mass is 365 g/mol. The van der Waals surface area contributed by atoms with E-state index >= 15 is 0 Å². The SMILES string of the molecule is CC1(C)COC(c2c(COC3CCOCC3)cccc2-c2ccccc2)=N1. The Kier molecular flexibility index (Phi) is 5.28. The summed E-state index contributed by atoms with van der Waals surface area (Å²) in [5.74, 6) is 0.727. The minimum Gasteiger partial charge on any atom is -0.475 e. The third-order valence-electron chi connectivity index (χ3n) is 5.06. The summed E-state index contributed by atoms with van der Waals surface area (Å²) in [4.78, 5) is 4.85. The number of benzene rings is 2. The Hall–Kier alpha value is -2.17. The Balaban J connectivity index is 1.70. The fourth-order valence-corrected chi connectivity index (χ4v) is 3.59. The minimum atomic E-state index is -0.196. The van der Waals surface area contributed by atoms with Gasteiger partial charge in [0, 0.05) is 18.8 Å². The number of rotatable bonds is 5. The van der Waals surface area contributed by atoms with Gasteiger partial charge in [0.05, 0.1) is 18.2 Å². The zero-order chi connectivity index (χ0) is 18.7. The fraction of sp³-hybridized carbons (Fsp3) is 0.435. The summed E-state index contributed by atoms with van der Waals surface area (Å²) >= 11 is 0. The molecule has 0 atom stereocenters. The van der Waals surface area contributed by atoms with Crippen LogP contribution in [0.2, 0.25) is 0 Å². The van der Waals surface area contributed by atoms with Gasteiger partial charge in [0.15, 0.2) is 0 Å². The molecule has 0 spiro atoms. The second-order valence-electron chi connectivity index (χ2n) is 7.85. The summed E-state index contributed by atoms with van der Waals surface area (Å²) in [6.45, 7) is 6.93. The predicted molar refractivity (Wildman–Crippen MR) is 107 cm³/mol. The van der Waals surface area contributed by atoms with E-state index in [1.807, 2.05) is 6.07 Å². The van der Waals surface area contributed by atoms with Gasteiger partial charge in [-0.2, -0.15) is 0 Å². The minimum absolute atomic E-state index is 0.196. The summed E-state index contributed by atoms with van der Waals surface area (Å²) in [5, 5.41) is 0. The first-order chi connectivity index (χ1) is 13.1. The first-order valence-electron chi connectivity index (χ1n) is 9.72. The zero-order valence-electron chi connectivity index (χ0n) is 16.1. The largest absolute Gasteiger partial charge is 0.475 e. The van der Waals surface area contributed by atoms with E-state index in [9.17, 15) is 0 Å². The molecular formula is C23H27NO3. The van der Waals surface area contributed by atoms with Crippen LogP contribution >= 0.6 is 0 Å². The van der Waals surface area contributed by atoms with E-state index in [0.717, 1.165) is 54.2 Å². The van der Waals surface area contributed by atoms with Crippen LogP contribution in [0.15, 0.2) is 53.5 Å². The lowest BCUT2D eigenvalue weighted by atomic mass is 9.95. The Labute approximate surface area is 161 Å². The first-order valence-corrected chi connectivity index (χ1v) is 9.72. The van der Waals surface area contributed by atoms with Crippen LogP contribution in [-0.4, -0.2) is 37.4 Å². The van der Waals surface area contributed by atoms with Crippen molar-refractivity contribution in [3.8, 4) is 11.1 Å². The first kappa shape index (κ1) is 18.2. The highest BCUT2D eigenvalue weighted by Crippen LogP contribution is 2.31. The number of hydrogen-bond donors (Lipinski definition) is 0. The van der Waals surface area contributed by atoms with Crippen LogP contribution in [0.1, 0.15) is 37.8 Å². The molecule has 2 aromatic rings. The molecule has 0 amide bonds. The molecule has 4 heteroatoms. The molecule has 2 aromatic carbocycles. The molecule has 0 radical (unpaired) electrons. The number of nitrogens with zero attached hydrogens (tertiary/aromatic N) is 1. The maximum atomic E-state index is 6.22. The molecule has 4 rings (SSSR count). The lowest BCUT2D eigenvalue weighted by Gasteiger charge is -2.23. The molecule has 1 fully saturated rings. The van der Waals surface area contributed by atoms with E-state index < -0.39 is 0 Å². The van der Waals surface area contributed by atoms with Crippen LogP contribution in [0, 0.1) is 0 Å². The predicted octanol–water partition coefficient (Wildman–Crippen LogP) is 4.60. The van der Waals surface area contributed by atoms with Crippen molar-refractivity contribution in [1.82, 2.24) is 0 Å². The standard InChI is InChI=1S/C23H27NO3/c1-23(2)16-27-22(24-23)21-18(15-26-19-11-13-25-14-12-19)9-6-10-20(21)17-7-4-3-5-8-17/h3-10,19H,11-16H2,1-2H3. The van der Waals surface area contributed by atoms with Crippen molar-refractivity contribution >= 4 is 5.90 Å². The van der Waals surface area contributed by atoms with E-state index in [1.54, 1.807) is 0 Å². The second kappa shape index (κ2) is 7.83. The summed E-state index contributed by atoms with van der Waals surface area (Å²) in [6.07, 6.45) is 2.17. The quantitative estimate of drug-likeness (QED) is 0.777. The summed E-state index contributed by atoms with van der Waals surface area (Å²) in [6, 6.07) is 16.8. The Morgan fingerprint density at radius 1 is 1.04 bits per heavy atom. The Bertz CT molecular complexity index is 808. The molecule has 4 nitrogen and oxygen atoms in total. The van der Waals surface area contributed by atoms with Crippen LogP contribution < -0.4 is 0 Å². The van der Waals surface area contributed by atoms with Crippen LogP contribution in [0.4, 0.5) is 0 Å². The van der Waals surface area contributed by atoms with Crippen LogP contribution in [-0.2, 0) is 20.8 Å². The van der Waals surface area contributed by atoms with Crippen molar-refractivity contribution in [3.05, 3.63) is 59.7 Å². The second-order valence-corrected chi connectivity index (χ2v) is 7.85. The van der Waals surface area contributed by atoms with Crippen LogP contribution in [0.3, 0.4) is 0 Å². The topological polar surface area (TPSA) is 40.0 Å². The van der Waals surface area contributed by atoms with Crippen molar-refractivity contribution in [1.29, 1.82) is 0 Å². The highest BCUT2D eigenvalue weighted by molar-refractivity contribution is 6.03. The highest BCUT2D eigenvalue weighted by Gasteiger charge is 2.30. The maximum Gasteiger partial charge on any atom is 0.217 e. The van der Waals surface area contributed by atoms with Gasteiger partial charge in [0.1, 0.15) is 6.61 Å². The average Bonchev–Trinajstić information content (AvgIpc) is 3.07. The van der Waals surface area contributed by atoms with E-state index in [1.165, 1.54) is 0 Å². The van der Waals surface area contributed by atoms with Gasteiger partial charge >= 0.3 is 0 Å². The molecule has 27 heavy (non-hydrogen) atoms. The van der Waals surface area contributed by atoms with Gasteiger partial charge in [-0.3, -0.25) is 0 Å². The van der Waals surface area contributed by atoms with E-state index in [0.29, 0.717) is 13.2 Å². The Morgan fingerprint density at radius 3 is 2.52 bits per heavy atom. The number of ether oxygens (including phenoxy) is 3. The zero-order valence-corrected chi connectivity index (χ0v) is 16.1. The summed E-state index contributed by atoms with van der Waals surface area (Å²) in [5.41, 5.74) is 4.29. The maximum absolute atomic E-state index is 6.22. The smallest absolute Gasteiger partial charge is 0.217 e. The van der Waals surface area contributed by atoms with Gasteiger partial charge in [-0.05, 0) is 43.4 Å². The lowest BCUT2D eigenvalue weighted by molar-refractivity contribution is -0.0391. The molecule has 0 bridgehead atoms. The molecule has 142 valence electrons. The molecule has 0 N–H and O–H groups in total. The average molecular weight is 365 g/mol. The fourth-order valence-electron chi connectivity index (χ4n) is 3.59. The highest BCUT2D eigenvalue weighted by atomic mass is 16.5. The molecule has 0 aliphatic carbocycles. The molecule has 2 aliphatic heterocycles. The van der Waals surface area contributed by atoms with Gasteiger partial charge in [-0.25, -0.2) is 4.99 Å². The lowest BCUT2D eigenvalue weighted by Crippen LogP contribution is -2.23. The molecule has 2 heterocycles. The summed E-state index contributed by atoms with van der Waals surface area (Å²) < 4.78 is 17.7. The van der Waals surface area contributed by atoms with Gasteiger partial charge in [0.25, 0.3) is 0 Å². The molecule has 0 aromatic heterocycles. The number of aliphatic imine (C=N–C) groups is 1. The molecule has 1 saturated heterocycles. The van der Waals surface area contributed by atoms with Gasteiger partial charge in [-0.15, -0.1) is 0 Å². The van der Waals surface area contributed by atoms with Gasteiger partial charge < -0.3 is 14.2 Å². The van der Waals surface area contributed by atoms with Crippen molar-refractivity contribution in [3.63, 3.8) is 0 Å². The van der Waals surface area contributed by atoms with E-state index in [-0.39, 0.29) is 11.6 Å². The van der Waals surface area contributed by atoms with Crippen molar-refractivity contribution < 1.29 is 14.2 Å². The van der Waals surface area contributed by atoms with Crippen LogP contribution in [0.5, 0.6) is 0 Å². The van der Waals surface area contributed by atoms with Crippen LogP contribution in [0.25, 0.3) is 11.1 Å². The normalized spacial score (nSPS) is 19.6. The molecular weight excluding hydrogens is 338 g/mol. The molecule has 0 unspecified atom stereocenters. The van der Waals surface area contributed by atoms with Gasteiger partial charge in [0.2, 0.25) is 5.90 Å². The van der Waals surface area contributed by atoms with Gasteiger partial charge in [-0.1, -0.05) is 48.5 Å². The third-order valence-corrected chi connectivity index (χ3v) is 5.06. The molecule has 0 saturated carbocycles. The summed E-state index contributed by atoms with van der Waals surface area (Å²) in [7, 11) is 0. The van der Waals surface area contributed by atoms with Crippen molar-refractivity contribution in [2.75, 3.05) is 19.8 Å². The van der Waals surface area contributed by atoms with E-state index in [2.05, 4.69) is 56.3 Å². The van der Waals surface area contributed by atoms with Crippen molar-refractivity contribution in [2.45, 2.75) is 44.9 Å². The molecule has 2 aliphatic rings. The Morgan fingerprint density at radius 2 is 1.81 bits per heavy atom. The van der Waals surface area contributed by atoms with Crippen molar-refractivity contribution in [2.24, 2.45) is 4.99 Å². The number of hydrogen-bond acceptors (Lipinski definition) is 4. The van der Waals surface area contributed by atoms with E-state index in [4.69, 9.17) is 19.2 Å². The third kappa shape index (κ3) is 4.23.